The molecule has 0 aliphatic heterocycles. The molecular weight excluding hydrogens is 360 g/mol. The van der Waals surface area contributed by atoms with E-state index in [0.29, 0.717) is 19.5 Å². The van der Waals surface area contributed by atoms with Crippen molar-refractivity contribution in [1.29, 1.82) is 0 Å². The average molecular weight is 384 g/mol. The van der Waals surface area contributed by atoms with E-state index < -0.39 is 0 Å². The highest BCUT2D eigenvalue weighted by atomic mass is 16.2. The van der Waals surface area contributed by atoms with E-state index in [9.17, 15) is 9.59 Å². The smallest absolute Gasteiger partial charge is 0.244 e. The molecule has 0 atom stereocenters. The van der Waals surface area contributed by atoms with Gasteiger partial charge in [0.05, 0.1) is 6.42 Å². The maximum atomic E-state index is 12.0. The predicted molar refractivity (Wildman–Crippen MR) is 117 cm³/mol. The van der Waals surface area contributed by atoms with E-state index >= 15 is 0 Å². The van der Waals surface area contributed by atoms with Crippen LogP contribution in [0.5, 0.6) is 0 Å². The zero-order chi connectivity index (χ0) is 20.3. The summed E-state index contributed by atoms with van der Waals surface area (Å²) in [7, 11) is 0. The summed E-state index contributed by atoms with van der Waals surface area (Å²) in [6, 6.07) is 27.7. The van der Waals surface area contributed by atoms with Gasteiger partial charge in [0.25, 0.3) is 0 Å². The quantitative estimate of drug-likeness (QED) is 0.458. The molecule has 2 N–H and O–H groups in total. The molecule has 3 aromatic carbocycles. The third-order valence-electron chi connectivity index (χ3n) is 4.37. The van der Waals surface area contributed by atoms with Crippen LogP contribution in [-0.4, -0.2) is 24.9 Å². The lowest BCUT2D eigenvalue weighted by molar-refractivity contribution is -0.121. The van der Waals surface area contributed by atoms with Crippen molar-refractivity contribution in [2.24, 2.45) is 0 Å². The van der Waals surface area contributed by atoms with Gasteiger partial charge in [0, 0.05) is 19.2 Å². The molecule has 0 saturated carbocycles. The van der Waals surface area contributed by atoms with Crippen LogP contribution in [0.15, 0.2) is 91.0 Å². The molecule has 0 fully saturated rings. The Kier molecular flexibility index (Phi) is 7.35. The number of rotatable bonds is 8. The Labute approximate surface area is 171 Å². The lowest BCUT2D eigenvalue weighted by atomic mass is 10.0. The zero-order valence-electron chi connectivity index (χ0n) is 16.2. The van der Waals surface area contributed by atoms with Crippen molar-refractivity contribution in [3.05, 3.63) is 102 Å². The van der Waals surface area contributed by atoms with Gasteiger partial charge in [0.15, 0.2) is 0 Å². The topological polar surface area (TPSA) is 58.2 Å². The van der Waals surface area contributed by atoms with Gasteiger partial charge in [-0.05, 0) is 34.4 Å². The van der Waals surface area contributed by atoms with Crippen molar-refractivity contribution in [3.63, 3.8) is 0 Å². The van der Waals surface area contributed by atoms with Gasteiger partial charge >= 0.3 is 0 Å². The summed E-state index contributed by atoms with van der Waals surface area (Å²) >= 11 is 0. The molecule has 146 valence electrons. The molecule has 0 aliphatic carbocycles. The molecule has 0 radical (unpaired) electrons. The molecule has 4 nitrogen and oxygen atoms in total. The third kappa shape index (κ3) is 6.78. The molecule has 4 heteroatoms. The molecule has 0 unspecified atom stereocenters. The fraction of sp³-hybridized carbons (Fsp3) is 0.120. The van der Waals surface area contributed by atoms with Crippen LogP contribution in [-0.2, 0) is 16.0 Å². The summed E-state index contributed by atoms with van der Waals surface area (Å²) in [5.74, 6) is -0.244. The number of hydrogen-bond acceptors (Lipinski definition) is 2. The highest BCUT2D eigenvalue weighted by Crippen LogP contribution is 2.20. The van der Waals surface area contributed by atoms with Crippen LogP contribution < -0.4 is 10.6 Å². The van der Waals surface area contributed by atoms with Crippen LogP contribution in [0, 0.1) is 0 Å². The molecule has 0 bridgehead atoms. The van der Waals surface area contributed by atoms with Crippen molar-refractivity contribution in [2.45, 2.75) is 6.42 Å². The average Bonchev–Trinajstić information content (AvgIpc) is 2.77. The number of carbonyl (C=O) groups excluding carboxylic acids is 2. The Morgan fingerprint density at radius 2 is 1.38 bits per heavy atom. The molecule has 0 heterocycles. The molecule has 0 saturated heterocycles. The second-order valence-corrected chi connectivity index (χ2v) is 6.63. The van der Waals surface area contributed by atoms with Gasteiger partial charge in [-0.15, -0.1) is 0 Å². The molecule has 29 heavy (non-hydrogen) atoms. The molecule has 0 spiro atoms. The minimum Gasteiger partial charge on any atom is -0.354 e. The lowest BCUT2D eigenvalue weighted by Crippen LogP contribution is -2.34. The Bertz CT molecular complexity index is 966. The van der Waals surface area contributed by atoms with E-state index in [2.05, 4.69) is 22.8 Å². The first-order valence-electron chi connectivity index (χ1n) is 9.63. The van der Waals surface area contributed by atoms with Crippen LogP contribution in [0.3, 0.4) is 0 Å². The predicted octanol–water partition coefficient (Wildman–Crippen LogP) is 3.84. The lowest BCUT2D eigenvalue weighted by Gasteiger charge is -2.06. The summed E-state index contributed by atoms with van der Waals surface area (Å²) in [5, 5.41) is 5.59. The van der Waals surface area contributed by atoms with Gasteiger partial charge in [-0.1, -0.05) is 78.9 Å². The molecular formula is C25H24N2O2. The molecule has 2 amide bonds. The number of carbonyl (C=O) groups is 2. The van der Waals surface area contributed by atoms with Crippen molar-refractivity contribution < 1.29 is 9.59 Å². The Morgan fingerprint density at radius 1 is 0.724 bits per heavy atom. The van der Waals surface area contributed by atoms with Gasteiger partial charge < -0.3 is 10.6 Å². The first-order valence-corrected chi connectivity index (χ1v) is 9.63. The van der Waals surface area contributed by atoms with E-state index in [1.807, 2.05) is 72.8 Å². The van der Waals surface area contributed by atoms with Crippen molar-refractivity contribution >= 4 is 17.9 Å². The van der Waals surface area contributed by atoms with E-state index in [1.165, 1.54) is 6.08 Å². The summed E-state index contributed by atoms with van der Waals surface area (Å²) in [4.78, 5) is 23.9. The van der Waals surface area contributed by atoms with Crippen LogP contribution in [0.4, 0.5) is 0 Å². The van der Waals surface area contributed by atoms with Gasteiger partial charge in [-0.25, -0.2) is 0 Å². The maximum absolute atomic E-state index is 12.0. The highest BCUT2D eigenvalue weighted by Gasteiger charge is 2.02. The van der Waals surface area contributed by atoms with E-state index in [0.717, 1.165) is 22.3 Å². The second-order valence-electron chi connectivity index (χ2n) is 6.63. The number of hydrogen-bond donors (Lipinski definition) is 2. The van der Waals surface area contributed by atoms with Crippen LogP contribution in [0.25, 0.3) is 17.2 Å². The molecule has 0 aliphatic rings. The Hall–Kier alpha value is -3.66. The fourth-order valence-corrected chi connectivity index (χ4v) is 2.91. The standard InChI is InChI=1S/C25H24N2O2/c28-24(26-16-17-27-25(29)19-20-8-3-1-4-9-20)15-14-21-10-7-13-23(18-21)22-11-5-2-6-12-22/h1-15,18H,16-17,19H2,(H,26,28)(H,27,29)/b15-14+. The summed E-state index contributed by atoms with van der Waals surface area (Å²) < 4.78 is 0. The largest absolute Gasteiger partial charge is 0.354 e. The summed E-state index contributed by atoms with van der Waals surface area (Å²) in [6.45, 7) is 0.780. The molecule has 0 aromatic heterocycles. The van der Waals surface area contributed by atoms with Crippen molar-refractivity contribution in [2.75, 3.05) is 13.1 Å². The number of benzene rings is 3. The van der Waals surface area contributed by atoms with Crippen LogP contribution in [0.2, 0.25) is 0 Å². The Balaban J connectivity index is 1.41. The second kappa shape index (κ2) is 10.6. The van der Waals surface area contributed by atoms with Gasteiger partial charge in [-0.3, -0.25) is 9.59 Å². The SMILES string of the molecule is O=C(/C=C/c1cccc(-c2ccccc2)c1)NCCNC(=O)Cc1ccccc1. The zero-order valence-corrected chi connectivity index (χ0v) is 16.2. The third-order valence-corrected chi connectivity index (χ3v) is 4.37. The number of amides is 2. The number of nitrogens with one attached hydrogen (secondary N) is 2. The first kappa shape index (κ1) is 20.1. The minimum atomic E-state index is -0.188. The van der Waals surface area contributed by atoms with E-state index in [1.54, 1.807) is 6.08 Å². The first-order chi connectivity index (χ1) is 14.2. The summed E-state index contributed by atoms with van der Waals surface area (Å²) in [5.41, 5.74) is 4.17. The molecule has 3 aromatic rings. The normalized spacial score (nSPS) is 10.6. The monoisotopic (exact) mass is 384 g/mol. The van der Waals surface area contributed by atoms with Gasteiger partial charge in [0.1, 0.15) is 0 Å². The van der Waals surface area contributed by atoms with E-state index in [4.69, 9.17) is 0 Å². The minimum absolute atomic E-state index is 0.0567. The highest BCUT2D eigenvalue weighted by molar-refractivity contribution is 5.92. The van der Waals surface area contributed by atoms with E-state index in [-0.39, 0.29) is 11.8 Å². The van der Waals surface area contributed by atoms with Gasteiger partial charge in [0.2, 0.25) is 11.8 Å². The van der Waals surface area contributed by atoms with Crippen molar-refractivity contribution in [3.8, 4) is 11.1 Å². The molecule has 3 rings (SSSR count). The Morgan fingerprint density at radius 3 is 2.14 bits per heavy atom. The van der Waals surface area contributed by atoms with Crippen LogP contribution >= 0.6 is 0 Å². The summed E-state index contributed by atoms with van der Waals surface area (Å²) in [6.07, 6.45) is 3.64. The van der Waals surface area contributed by atoms with Gasteiger partial charge in [-0.2, -0.15) is 0 Å². The van der Waals surface area contributed by atoms with Crippen molar-refractivity contribution in [1.82, 2.24) is 10.6 Å². The fourth-order valence-electron chi connectivity index (χ4n) is 2.91. The maximum Gasteiger partial charge on any atom is 0.244 e. The van der Waals surface area contributed by atoms with Crippen LogP contribution in [0.1, 0.15) is 11.1 Å².